The van der Waals surface area contributed by atoms with Gasteiger partial charge in [0.1, 0.15) is 0 Å². The highest BCUT2D eigenvalue weighted by molar-refractivity contribution is 7.89. The number of fused-ring (bicyclic) bond motifs is 2. The predicted octanol–water partition coefficient (Wildman–Crippen LogP) is 2.90. The van der Waals surface area contributed by atoms with E-state index in [0.29, 0.717) is 5.66 Å². The van der Waals surface area contributed by atoms with Crippen LogP contribution in [0.4, 0.5) is 5.69 Å². The Kier molecular flexibility index (Phi) is 3.43. The molecule has 3 rings (SSSR count). The number of hydrogen-bond acceptors (Lipinski definition) is 2. The van der Waals surface area contributed by atoms with Crippen LogP contribution in [-0.2, 0) is 10.8 Å². The van der Waals surface area contributed by atoms with Crippen LogP contribution in [0.3, 0.4) is 0 Å². The van der Waals surface area contributed by atoms with Crippen LogP contribution >= 0.6 is 7.92 Å². The molecule has 2 aromatic carbocycles. The first-order valence-electron chi connectivity index (χ1n) is 6.71. The normalized spacial score (nSPS) is 20.6. The Morgan fingerprint density at radius 1 is 1.10 bits per heavy atom. The van der Waals surface area contributed by atoms with Gasteiger partial charge in [-0.15, -0.1) is 0 Å². The van der Waals surface area contributed by atoms with E-state index in [9.17, 15) is 4.21 Å². The lowest BCUT2D eigenvalue weighted by Gasteiger charge is -2.32. The molecule has 0 saturated heterocycles. The van der Waals surface area contributed by atoms with E-state index in [-0.39, 0.29) is 0 Å². The van der Waals surface area contributed by atoms with Crippen molar-refractivity contribution in [2.24, 2.45) is 0 Å². The van der Waals surface area contributed by atoms with E-state index in [1.165, 1.54) is 5.30 Å². The van der Waals surface area contributed by atoms with Crippen molar-refractivity contribution in [1.82, 2.24) is 0 Å². The maximum absolute atomic E-state index is 12.8. The lowest BCUT2D eigenvalue weighted by molar-refractivity contribution is 0.683. The van der Waals surface area contributed by atoms with Crippen molar-refractivity contribution < 1.29 is 4.21 Å². The molecule has 0 bridgehead atoms. The average molecular weight is 303 g/mol. The van der Waals surface area contributed by atoms with Gasteiger partial charge in [0.05, 0.1) is 20.6 Å². The molecule has 0 aliphatic carbocycles. The van der Waals surface area contributed by atoms with Crippen molar-refractivity contribution >= 4 is 35.0 Å². The highest BCUT2D eigenvalue weighted by Gasteiger charge is 2.33. The number of nitrogen functional groups attached to an aromatic ring is 1. The minimum absolute atomic E-state index is 0.478. The van der Waals surface area contributed by atoms with E-state index in [1.807, 2.05) is 37.3 Å². The molecule has 0 amide bonds. The number of nitrogens with two attached hydrogens (primary N) is 1. The van der Waals surface area contributed by atoms with Crippen molar-refractivity contribution in [3.05, 3.63) is 42.0 Å². The lowest BCUT2D eigenvalue weighted by Crippen LogP contribution is -2.31. The quantitative estimate of drug-likeness (QED) is 0.650. The SMILES string of the molecule is Cc1ccc2c(c1N)P(C(C)C)c1ccccc1S2=O. The molecule has 2 unspecified atom stereocenters. The highest BCUT2D eigenvalue weighted by Crippen LogP contribution is 2.47. The molecular formula is C16H18NOPS. The van der Waals surface area contributed by atoms with Crippen molar-refractivity contribution in [2.45, 2.75) is 36.2 Å². The predicted molar refractivity (Wildman–Crippen MR) is 88.0 cm³/mol. The largest absolute Gasteiger partial charge is 0.398 e. The maximum Gasteiger partial charge on any atom is 0.0863 e. The Labute approximate surface area is 123 Å². The van der Waals surface area contributed by atoms with Crippen molar-refractivity contribution in [3.63, 3.8) is 0 Å². The van der Waals surface area contributed by atoms with Crippen molar-refractivity contribution in [1.29, 1.82) is 0 Å². The molecule has 1 aliphatic rings. The second kappa shape index (κ2) is 4.98. The summed E-state index contributed by atoms with van der Waals surface area (Å²) in [4.78, 5) is 1.87. The summed E-state index contributed by atoms with van der Waals surface area (Å²) >= 11 is 0. The monoisotopic (exact) mass is 303 g/mol. The van der Waals surface area contributed by atoms with E-state index >= 15 is 0 Å². The third-order valence-electron chi connectivity index (χ3n) is 3.68. The topological polar surface area (TPSA) is 43.1 Å². The summed E-state index contributed by atoms with van der Waals surface area (Å²) in [5, 5.41) is 2.35. The Bertz CT molecular complexity index is 712. The van der Waals surface area contributed by atoms with E-state index in [4.69, 9.17) is 5.73 Å². The Balaban J connectivity index is 2.36. The number of benzene rings is 2. The van der Waals surface area contributed by atoms with Gasteiger partial charge in [-0.3, -0.25) is 0 Å². The first kappa shape index (κ1) is 13.8. The van der Waals surface area contributed by atoms with Crippen LogP contribution in [0.5, 0.6) is 0 Å². The van der Waals surface area contributed by atoms with Gasteiger partial charge in [0.25, 0.3) is 0 Å². The smallest absolute Gasteiger partial charge is 0.0863 e. The van der Waals surface area contributed by atoms with Crippen molar-refractivity contribution in [3.8, 4) is 0 Å². The summed E-state index contributed by atoms with van der Waals surface area (Å²) in [6.07, 6.45) is 0. The van der Waals surface area contributed by atoms with E-state index < -0.39 is 18.7 Å². The summed E-state index contributed by atoms with van der Waals surface area (Å²) in [5.74, 6) is 0. The van der Waals surface area contributed by atoms with Crippen LogP contribution in [0.15, 0.2) is 46.2 Å². The fourth-order valence-electron chi connectivity index (χ4n) is 2.68. The number of hydrogen-bond donors (Lipinski definition) is 1. The maximum atomic E-state index is 12.8. The molecule has 2 aromatic rings. The van der Waals surface area contributed by atoms with Crippen molar-refractivity contribution in [2.75, 3.05) is 5.73 Å². The molecule has 0 radical (unpaired) electrons. The molecule has 20 heavy (non-hydrogen) atoms. The van der Waals surface area contributed by atoms with Gasteiger partial charge >= 0.3 is 0 Å². The molecule has 0 aromatic heterocycles. The van der Waals surface area contributed by atoms with Gasteiger partial charge in [-0.1, -0.05) is 38.1 Å². The van der Waals surface area contributed by atoms with Gasteiger partial charge in [0.2, 0.25) is 0 Å². The summed E-state index contributed by atoms with van der Waals surface area (Å²) < 4.78 is 12.8. The summed E-state index contributed by atoms with van der Waals surface area (Å²) in [7, 11) is -1.65. The van der Waals surface area contributed by atoms with Crippen LogP contribution in [0, 0.1) is 6.92 Å². The molecule has 0 spiro atoms. The van der Waals surface area contributed by atoms with Crippen LogP contribution in [0.25, 0.3) is 0 Å². The first-order valence-corrected chi connectivity index (χ1v) is 9.27. The molecule has 2 nitrogen and oxygen atoms in total. The standard InChI is InChI=1S/C16H18NOPS/c1-10(2)19-12-6-4-5-7-13(12)20(18)14-9-8-11(3)15(17)16(14)19/h4-10H,17H2,1-3H3. The summed E-state index contributed by atoms with van der Waals surface area (Å²) in [5.41, 5.74) is 8.71. The van der Waals surface area contributed by atoms with Gasteiger partial charge in [-0.2, -0.15) is 0 Å². The fourth-order valence-corrected chi connectivity index (χ4v) is 7.56. The molecule has 2 atom stereocenters. The van der Waals surface area contributed by atoms with Crippen LogP contribution in [0.1, 0.15) is 19.4 Å². The van der Waals surface area contributed by atoms with E-state index in [2.05, 4.69) is 19.9 Å². The van der Waals surface area contributed by atoms with Crippen LogP contribution < -0.4 is 16.3 Å². The second-order valence-electron chi connectivity index (χ2n) is 5.34. The van der Waals surface area contributed by atoms with E-state index in [1.54, 1.807) is 0 Å². The molecule has 0 fully saturated rings. The second-order valence-corrected chi connectivity index (χ2v) is 9.46. The molecule has 1 heterocycles. The third kappa shape index (κ3) is 1.92. The minimum Gasteiger partial charge on any atom is -0.398 e. The zero-order valence-corrected chi connectivity index (χ0v) is 13.6. The summed E-state index contributed by atoms with van der Waals surface area (Å²) in [6, 6.07) is 12.1. The van der Waals surface area contributed by atoms with E-state index in [0.717, 1.165) is 26.3 Å². The lowest BCUT2D eigenvalue weighted by atomic mass is 10.2. The molecule has 1 aliphatic heterocycles. The molecule has 0 saturated carbocycles. The van der Waals surface area contributed by atoms with Gasteiger partial charge in [0.15, 0.2) is 0 Å². The van der Waals surface area contributed by atoms with Gasteiger partial charge in [-0.25, -0.2) is 4.21 Å². The van der Waals surface area contributed by atoms with Crippen LogP contribution in [-0.4, -0.2) is 9.87 Å². The average Bonchev–Trinajstić information content (AvgIpc) is 2.43. The van der Waals surface area contributed by atoms with Crippen LogP contribution in [0.2, 0.25) is 0 Å². The highest BCUT2D eigenvalue weighted by atomic mass is 32.2. The zero-order chi connectivity index (χ0) is 14.4. The minimum atomic E-state index is -1.11. The molecule has 2 N–H and O–H groups in total. The Hall–Kier alpha value is -1.18. The Morgan fingerprint density at radius 2 is 1.80 bits per heavy atom. The number of rotatable bonds is 1. The number of anilines is 1. The molecule has 104 valence electrons. The fraction of sp³-hybridized carbons (Fsp3) is 0.250. The third-order valence-corrected chi connectivity index (χ3v) is 8.38. The van der Waals surface area contributed by atoms with Gasteiger partial charge < -0.3 is 5.73 Å². The summed E-state index contributed by atoms with van der Waals surface area (Å²) in [6.45, 7) is 6.47. The zero-order valence-electron chi connectivity index (χ0n) is 11.9. The molecular weight excluding hydrogens is 285 g/mol. The van der Waals surface area contributed by atoms with Gasteiger partial charge in [0, 0.05) is 11.0 Å². The first-order chi connectivity index (χ1) is 9.52. The van der Waals surface area contributed by atoms with Gasteiger partial charge in [-0.05, 0) is 43.5 Å². The Morgan fingerprint density at radius 3 is 2.50 bits per heavy atom. The molecule has 4 heteroatoms. The number of aryl methyl sites for hydroxylation is 1.